The average molecular weight is 483 g/mol. The minimum absolute atomic E-state index is 0.0447. The number of amides is 1. The van der Waals surface area contributed by atoms with Crippen molar-refractivity contribution in [3.8, 4) is 5.69 Å². The third-order valence-electron chi connectivity index (χ3n) is 5.20. The SMILES string of the molecule is O=C(Nc1ccc(S(=O)(=O)NC2=NCCCCC2)cc1)c1ccn(-c2ccc([N+](=O)[O-])cc2)n1. The number of rotatable bonds is 6. The fraction of sp³-hybridized carbons (Fsp3) is 0.227. The average Bonchev–Trinajstić information content (AvgIpc) is 3.19. The van der Waals surface area contributed by atoms with E-state index in [1.165, 1.54) is 59.3 Å². The van der Waals surface area contributed by atoms with Crippen LogP contribution in [-0.4, -0.2) is 41.4 Å². The molecule has 11 nitrogen and oxygen atoms in total. The first kappa shape index (κ1) is 23.1. The normalized spacial score (nSPS) is 14.1. The molecule has 3 aromatic rings. The first-order valence-electron chi connectivity index (χ1n) is 10.6. The number of anilines is 1. The van der Waals surface area contributed by atoms with Gasteiger partial charge in [-0.15, -0.1) is 0 Å². The van der Waals surface area contributed by atoms with Crippen molar-refractivity contribution in [1.82, 2.24) is 14.5 Å². The van der Waals surface area contributed by atoms with Gasteiger partial charge in [-0.1, -0.05) is 6.42 Å². The molecule has 0 atom stereocenters. The number of carbonyl (C=O) groups is 1. The van der Waals surface area contributed by atoms with Crippen LogP contribution in [0.15, 0.2) is 70.7 Å². The largest absolute Gasteiger partial charge is 0.321 e. The molecule has 1 aromatic heterocycles. The van der Waals surface area contributed by atoms with E-state index in [1.54, 1.807) is 6.20 Å². The molecule has 34 heavy (non-hydrogen) atoms. The quantitative estimate of drug-likeness (QED) is 0.407. The standard InChI is InChI=1S/C22H22N6O5S/c29-22(20-13-15-27(25-20)17-7-9-18(10-8-17)28(30)31)24-16-5-11-19(12-6-16)34(32,33)26-21-4-2-1-3-14-23-21/h5-13,15H,1-4,14H2,(H,23,26)(H,24,29). The lowest BCUT2D eigenvalue weighted by Crippen LogP contribution is -2.30. The molecule has 2 aromatic carbocycles. The van der Waals surface area contributed by atoms with E-state index in [4.69, 9.17) is 0 Å². The lowest BCUT2D eigenvalue weighted by Gasteiger charge is -2.10. The molecule has 4 rings (SSSR count). The molecular formula is C22H22N6O5S. The van der Waals surface area contributed by atoms with Gasteiger partial charge in [0.2, 0.25) is 0 Å². The number of amidine groups is 1. The Morgan fingerprint density at radius 2 is 1.74 bits per heavy atom. The summed E-state index contributed by atoms with van der Waals surface area (Å²) >= 11 is 0. The van der Waals surface area contributed by atoms with E-state index < -0.39 is 20.9 Å². The number of sulfonamides is 1. The second kappa shape index (κ2) is 9.83. The third-order valence-corrected chi connectivity index (χ3v) is 6.59. The van der Waals surface area contributed by atoms with Gasteiger partial charge in [0.05, 0.1) is 15.5 Å². The van der Waals surface area contributed by atoms with Crippen LogP contribution < -0.4 is 10.0 Å². The molecule has 0 aliphatic carbocycles. The van der Waals surface area contributed by atoms with Crippen LogP contribution in [0.5, 0.6) is 0 Å². The lowest BCUT2D eigenvalue weighted by molar-refractivity contribution is -0.384. The Balaban J connectivity index is 1.41. The topological polar surface area (TPSA) is 149 Å². The smallest absolute Gasteiger partial charge is 0.276 e. The number of nitro groups is 1. The van der Waals surface area contributed by atoms with E-state index in [0.29, 0.717) is 30.2 Å². The summed E-state index contributed by atoms with van der Waals surface area (Å²) in [5.74, 6) is -0.0132. The van der Waals surface area contributed by atoms with Gasteiger partial charge in [-0.25, -0.2) is 13.1 Å². The van der Waals surface area contributed by atoms with Gasteiger partial charge in [-0.05, 0) is 55.3 Å². The van der Waals surface area contributed by atoms with Crippen molar-refractivity contribution in [3.63, 3.8) is 0 Å². The number of aromatic nitrogens is 2. The van der Waals surface area contributed by atoms with Crippen LogP contribution in [0.25, 0.3) is 5.69 Å². The van der Waals surface area contributed by atoms with Crippen LogP contribution in [0.1, 0.15) is 36.2 Å². The van der Waals surface area contributed by atoms with Crippen LogP contribution >= 0.6 is 0 Å². The summed E-state index contributed by atoms with van der Waals surface area (Å²) in [5, 5.41) is 17.7. The van der Waals surface area contributed by atoms with Gasteiger partial charge in [0.1, 0.15) is 5.84 Å². The molecule has 2 N–H and O–H groups in total. The number of hydrogen-bond acceptors (Lipinski definition) is 7. The molecule has 0 fully saturated rings. The number of benzene rings is 2. The number of nitro benzene ring substituents is 1. The molecule has 0 spiro atoms. The predicted octanol–water partition coefficient (Wildman–Crippen LogP) is 3.28. The zero-order valence-corrected chi connectivity index (χ0v) is 18.9. The van der Waals surface area contributed by atoms with Crippen molar-refractivity contribution in [2.24, 2.45) is 4.99 Å². The number of carbonyl (C=O) groups excluding carboxylic acids is 1. The molecule has 0 radical (unpaired) electrons. The van der Waals surface area contributed by atoms with Crippen molar-refractivity contribution in [1.29, 1.82) is 0 Å². The van der Waals surface area contributed by atoms with Crippen LogP contribution in [0.4, 0.5) is 11.4 Å². The maximum Gasteiger partial charge on any atom is 0.276 e. The minimum atomic E-state index is -3.76. The van der Waals surface area contributed by atoms with Gasteiger partial charge in [0, 0.05) is 37.0 Å². The Hall–Kier alpha value is -4.06. The van der Waals surface area contributed by atoms with Crippen molar-refractivity contribution in [2.45, 2.75) is 30.6 Å². The summed E-state index contributed by atoms with van der Waals surface area (Å²) in [5.41, 5.74) is 1.05. The van der Waals surface area contributed by atoms with E-state index >= 15 is 0 Å². The molecule has 1 amide bonds. The highest BCUT2D eigenvalue weighted by Crippen LogP contribution is 2.18. The number of non-ortho nitro benzene ring substituents is 1. The number of nitrogens with zero attached hydrogens (tertiary/aromatic N) is 4. The lowest BCUT2D eigenvalue weighted by atomic mass is 10.2. The Morgan fingerprint density at radius 1 is 1.00 bits per heavy atom. The second-order valence-electron chi connectivity index (χ2n) is 7.64. The molecule has 1 aliphatic heterocycles. The van der Waals surface area contributed by atoms with Gasteiger partial charge < -0.3 is 5.32 Å². The first-order chi connectivity index (χ1) is 16.3. The molecule has 0 unspecified atom stereocenters. The first-order valence-corrected chi connectivity index (χ1v) is 12.1. The maximum atomic E-state index is 12.6. The Labute approximate surface area is 195 Å². The fourth-order valence-electron chi connectivity index (χ4n) is 3.40. The summed E-state index contributed by atoms with van der Waals surface area (Å²) in [4.78, 5) is 27.2. The predicted molar refractivity (Wildman–Crippen MR) is 126 cm³/mol. The van der Waals surface area contributed by atoms with Gasteiger partial charge in [0.15, 0.2) is 5.69 Å². The van der Waals surface area contributed by atoms with E-state index in [1.807, 2.05) is 0 Å². The van der Waals surface area contributed by atoms with Crippen molar-refractivity contribution < 1.29 is 18.1 Å². The molecule has 176 valence electrons. The highest BCUT2D eigenvalue weighted by molar-refractivity contribution is 7.90. The fourth-order valence-corrected chi connectivity index (χ4v) is 4.49. The summed E-state index contributed by atoms with van der Waals surface area (Å²) < 4.78 is 29.2. The number of hydrogen-bond donors (Lipinski definition) is 2. The molecule has 0 bridgehead atoms. The maximum absolute atomic E-state index is 12.6. The van der Waals surface area contributed by atoms with Crippen LogP contribution in [0.2, 0.25) is 0 Å². The van der Waals surface area contributed by atoms with Crippen molar-refractivity contribution in [3.05, 3.63) is 76.6 Å². The molecule has 12 heteroatoms. The molecule has 0 saturated heterocycles. The Kier molecular flexibility index (Phi) is 6.68. The van der Waals surface area contributed by atoms with E-state index in [2.05, 4.69) is 20.1 Å². The van der Waals surface area contributed by atoms with Gasteiger partial charge in [-0.2, -0.15) is 5.10 Å². The highest BCUT2D eigenvalue weighted by Gasteiger charge is 2.18. The Morgan fingerprint density at radius 3 is 2.44 bits per heavy atom. The zero-order chi connectivity index (χ0) is 24.1. The van der Waals surface area contributed by atoms with Crippen molar-refractivity contribution >= 4 is 33.1 Å². The monoisotopic (exact) mass is 482 g/mol. The second-order valence-corrected chi connectivity index (χ2v) is 9.32. The van der Waals surface area contributed by atoms with E-state index in [-0.39, 0.29) is 16.3 Å². The third kappa shape index (κ3) is 5.46. The van der Waals surface area contributed by atoms with E-state index in [0.717, 1.165) is 19.3 Å². The molecule has 0 saturated carbocycles. The number of nitrogens with one attached hydrogen (secondary N) is 2. The molecular weight excluding hydrogens is 460 g/mol. The number of aliphatic imine (C=N–C) groups is 1. The minimum Gasteiger partial charge on any atom is -0.321 e. The summed E-state index contributed by atoms with van der Waals surface area (Å²) in [6.45, 7) is 0.614. The van der Waals surface area contributed by atoms with E-state index in [9.17, 15) is 23.3 Å². The van der Waals surface area contributed by atoms with Gasteiger partial charge in [0.25, 0.3) is 21.6 Å². The Bertz CT molecular complexity index is 1330. The summed E-state index contributed by atoms with van der Waals surface area (Å²) in [6.07, 6.45) is 5.03. The molecule has 1 aliphatic rings. The summed E-state index contributed by atoms with van der Waals surface area (Å²) in [6, 6.07) is 13.1. The van der Waals surface area contributed by atoms with Gasteiger partial charge in [-0.3, -0.25) is 24.6 Å². The van der Waals surface area contributed by atoms with Crippen LogP contribution in [0, 0.1) is 10.1 Å². The summed E-state index contributed by atoms with van der Waals surface area (Å²) in [7, 11) is -3.76. The van der Waals surface area contributed by atoms with Crippen LogP contribution in [0.3, 0.4) is 0 Å². The zero-order valence-electron chi connectivity index (χ0n) is 18.0. The highest BCUT2D eigenvalue weighted by atomic mass is 32.2. The van der Waals surface area contributed by atoms with Gasteiger partial charge >= 0.3 is 0 Å². The van der Waals surface area contributed by atoms with Crippen LogP contribution in [-0.2, 0) is 10.0 Å². The van der Waals surface area contributed by atoms with Crippen molar-refractivity contribution in [2.75, 3.05) is 11.9 Å². The molecule has 2 heterocycles.